The molecule has 0 aromatic heterocycles. The van der Waals surface area contributed by atoms with Crippen LogP contribution in [0.5, 0.6) is 0 Å². The van der Waals surface area contributed by atoms with E-state index in [1.165, 1.54) is 50.5 Å². The standard InChI is InChI=1S/C16H23N/c17-15(12-13-6-4-5-7-13)16(10-11-16)14-8-2-1-3-9-14/h1-3,8-9,13,15H,4-7,10-12,17H2. The van der Waals surface area contributed by atoms with E-state index in [9.17, 15) is 0 Å². The third-order valence-corrected chi connectivity index (χ3v) is 4.91. The van der Waals surface area contributed by atoms with Crippen molar-refractivity contribution >= 4 is 0 Å². The Balaban J connectivity index is 1.70. The van der Waals surface area contributed by atoms with Crippen molar-refractivity contribution < 1.29 is 0 Å². The van der Waals surface area contributed by atoms with Gasteiger partial charge < -0.3 is 5.73 Å². The van der Waals surface area contributed by atoms with Crippen molar-refractivity contribution in [1.82, 2.24) is 0 Å². The highest BCUT2D eigenvalue weighted by molar-refractivity contribution is 5.33. The van der Waals surface area contributed by atoms with E-state index in [-0.39, 0.29) is 0 Å². The minimum absolute atomic E-state index is 0.337. The van der Waals surface area contributed by atoms with Crippen molar-refractivity contribution in [1.29, 1.82) is 0 Å². The van der Waals surface area contributed by atoms with Crippen LogP contribution in [-0.4, -0.2) is 6.04 Å². The zero-order valence-electron chi connectivity index (χ0n) is 10.6. The molecule has 0 radical (unpaired) electrons. The third kappa shape index (κ3) is 2.13. The van der Waals surface area contributed by atoms with Crippen molar-refractivity contribution in [2.24, 2.45) is 11.7 Å². The lowest BCUT2D eigenvalue weighted by Crippen LogP contribution is -2.36. The number of hydrogen-bond donors (Lipinski definition) is 1. The molecule has 92 valence electrons. The average molecular weight is 229 g/mol. The van der Waals surface area contributed by atoms with E-state index in [1.54, 1.807) is 0 Å². The van der Waals surface area contributed by atoms with Crippen LogP contribution in [-0.2, 0) is 5.41 Å². The molecule has 1 aromatic rings. The van der Waals surface area contributed by atoms with Crippen LogP contribution in [0, 0.1) is 5.92 Å². The van der Waals surface area contributed by atoms with Gasteiger partial charge in [0.25, 0.3) is 0 Å². The smallest absolute Gasteiger partial charge is 0.0139 e. The van der Waals surface area contributed by atoms with E-state index in [2.05, 4.69) is 30.3 Å². The minimum Gasteiger partial charge on any atom is -0.327 e. The Morgan fingerprint density at radius 2 is 1.76 bits per heavy atom. The van der Waals surface area contributed by atoms with Crippen molar-refractivity contribution in [2.45, 2.75) is 56.4 Å². The summed E-state index contributed by atoms with van der Waals surface area (Å²) in [7, 11) is 0. The van der Waals surface area contributed by atoms with Gasteiger partial charge in [-0.1, -0.05) is 56.0 Å². The molecule has 2 N–H and O–H groups in total. The zero-order chi connectivity index (χ0) is 11.7. The highest BCUT2D eigenvalue weighted by Crippen LogP contribution is 2.52. The fourth-order valence-corrected chi connectivity index (χ4v) is 3.61. The molecule has 1 atom stereocenters. The topological polar surface area (TPSA) is 26.0 Å². The molecule has 1 aromatic carbocycles. The molecular formula is C16H23N. The largest absolute Gasteiger partial charge is 0.327 e. The second-order valence-corrected chi connectivity index (χ2v) is 6.01. The van der Waals surface area contributed by atoms with Gasteiger partial charge in [0.1, 0.15) is 0 Å². The molecule has 0 amide bonds. The Labute approximate surface area is 104 Å². The minimum atomic E-state index is 0.337. The molecule has 3 rings (SSSR count). The van der Waals surface area contributed by atoms with Crippen LogP contribution in [0.4, 0.5) is 0 Å². The number of nitrogens with two attached hydrogens (primary N) is 1. The summed E-state index contributed by atoms with van der Waals surface area (Å²) >= 11 is 0. The summed E-state index contributed by atoms with van der Waals surface area (Å²) in [5, 5.41) is 0. The van der Waals surface area contributed by atoms with E-state index < -0.39 is 0 Å². The van der Waals surface area contributed by atoms with Crippen LogP contribution in [0.1, 0.15) is 50.5 Å². The summed E-state index contributed by atoms with van der Waals surface area (Å²) < 4.78 is 0. The first kappa shape index (κ1) is 11.3. The summed E-state index contributed by atoms with van der Waals surface area (Å²) in [5.41, 5.74) is 8.34. The van der Waals surface area contributed by atoms with Crippen LogP contribution >= 0.6 is 0 Å². The second-order valence-electron chi connectivity index (χ2n) is 6.01. The van der Waals surface area contributed by atoms with E-state index in [0.29, 0.717) is 11.5 Å². The Kier molecular flexibility index (Phi) is 2.96. The van der Waals surface area contributed by atoms with Crippen LogP contribution in [0.15, 0.2) is 30.3 Å². The van der Waals surface area contributed by atoms with Gasteiger partial charge in [-0.05, 0) is 30.7 Å². The summed E-state index contributed by atoms with van der Waals surface area (Å²) in [5.74, 6) is 0.909. The molecule has 2 aliphatic carbocycles. The monoisotopic (exact) mass is 229 g/mol. The fourth-order valence-electron chi connectivity index (χ4n) is 3.61. The molecule has 0 spiro atoms. The molecule has 1 unspecified atom stereocenters. The number of hydrogen-bond acceptors (Lipinski definition) is 1. The van der Waals surface area contributed by atoms with Crippen molar-refractivity contribution in [3.8, 4) is 0 Å². The van der Waals surface area contributed by atoms with Crippen molar-refractivity contribution in [3.63, 3.8) is 0 Å². The van der Waals surface area contributed by atoms with Crippen molar-refractivity contribution in [2.75, 3.05) is 0 Å². The molecule has 1 nitrogen and oxygen atoms in total. The molecule has 2 fully saturated rings. The Bertz CT molecular complexity index is 360. The van der Waals surface area contributed by atoms with E-state index in [0.717, 1.165) is 5.92 Å². The Morgan fingerprint density at radius 1 is 1.12 bits per heavy atom. The van der Waals surface area contributed by atoms with Gasteiger partial charge in [0.05, 0.1) is 0 Å². The van der Waals surface area contributed by atoms with Crippen LogP contribution in [0.3, 0.4) is 0 Å². The van der Waals surface area contributed by atoms with Crippen LogP contribution < -0.4 is 5.73 Å². The van der Waals surface area contributed by atoms with Gasteiger partial charge in [-0.3, -0.25) is 0 Å². The van der Waals surface area contributed by atoms with E-state index in [4.69, 9.17) is 5.73 Å². The molecule has 2 saturated carbocycles. The molecule has 0 saturated heterocycles. The molecule has 1 heteroatoms. The predicted octanol–water partition coefficient (Wildman–Crippen LogP) is 3.63. The molecule has 0 heterocycles. The maximum atomic E-state index is 6.53. The quantitative estimate of drug-likeness (QED) is 0.838. The van der Waals surface area contributed by atoms with Gasteiger partial charge in [0.2, 0.25) is 0 Å². The Hall–Kier alpha value is -0.820. The highest BCUT2D eigenvalue weighted by atomic mass is 14.7. The molecule has 0 aliphatic heterocycles. The third-order valence-electron chi connectivity index (χ3n) is 4.91. The summed E-state index contributed by atoms with van der Waals surface area (Å²) in [6.07, 6.45) is 9.52. The molecule has 0 bridgehead atoms. The summed E-state index contributed by atoms with van der Waals surface area (Å²) in [6.45, 7) is 0. The molecular weight excluding hydrogens is 206 g/mol. The van der Waals surface area contributed by atoms with Gasteiger partial charge in [-0.15, -0.1) is 0 Å². The number of rotatable bonds is 4. The van der Waals surface area contributed by atoms with Gasteiger partial charge in [0.15, 0.2) is 0 Å². The van der Waals surface area contributed by atoms with Gasteiger partial charge in [-0.2, -0.15) is 0 Å². The van der Waals surface area contributed by atoms with E-state index in [1.807, 2.05) is 0 Å². The van der Waals surface area contributed by atoms with Gasteiger partial charge in [-0.25, -0.2) is 0 Å². The maximum Gasteiger partial charge on any atom is 0.0139 e. The van der Waals surface area contributed by atoms with Gasteiger partial charge >= 0.3 is 0 Å². The average Bonchev–Trinajstić information content (AvgIpc) is 3.04. The molecule has 17 heavy (non-hydrogen) atoms. The first-order valence-electron chi connectivity index (χ1n) is 7.12. The van der Waals surface area contributed by atoms with Gasteiger partial charge in [0, 0.05) is 11.5 Å². The fraction of sp³-hybridized carbons (Fsp3) is 0.625. The lowest BCUT2D eigenvalue weighted by atomic mass is 9.83. The summed E-state index contributed by atoms with van der Waals surface area (Å²) in [6, 6.07) is 11.3. The zero-order valence-corrected chi connectivity index (χ0v) is 10.6. The Morgan fingerprint density at radius 3 is 2.35 bits per heavy atom. The highest BCUT2D eigenvalue weighted by Gasteiger charge is 2.49. The second kappa shape index (κ2) is 4.45. The molecule has 2 aliphatic rings. The van der Waals surface area contributed by atoms with Crippen LogP contribution in [0.25, 0.3) is 0 Å². The normalized spacial score (nSPS) is 24.8. The SMILES string of the molecule is NC(CC1CCCC1)C1(c2ccccc2)CC1. The summed E-state index contributed by atoms with van der Waals surface area (Å²) in [4.78, 5) is 0. The first-order valence-corrected chi connectivity index (χ1v) is 7.12. The lowest BCUT2D eigenvalue weighted by molar-refractivity contribution is 0.387. The van der Waals surface area contributed by atoms with Crippen LogP contribution in [0.2, 0.25) is 0 Å². The maximum absolute atomic E-state index is 6.53. The van der Waals surface area contributed by atoms with Crippen molar-refractivity contribution in [3.05, 3.63) is 35.9 Å². The number of benzene rings is 1. The lowest BCUT2D eigenvalue weighted by Gasteiger charge is -2.26. The first-order chi connectivity index (χ1) is 8.31. The van der Waals surface area contributed by atoms with E-state index >= 15 is 0 Å². The predicted molar refractivity (Wildman–Crippen MR) is 71.9 cm³/mol.